The van der Waals surface area contributed by atoms with Gasteiger partial charge in [-0.3, -0.25) is 4.79 Å². The maximum absolute atomic E-state index is 11.6. The topological polar surface area (TPSA) is 29.1 Å². The van der Waals surface area contributed by atoms with Crippen LogP contribution in [-0.2, 0) is 4.79 Å². The number of alkyl halides is 1. The van der Waals surface area contributed by atoms with Gasteiger partial charge >= 0.3 is 0 Å². The van der Waals surface area contributed by atoms with E-state index in [1.54, 1.807) is 11.8 Å². The van der Waals surface area contributed by atoms with E-state index in [4.69, 9.17) is 11.6 Å². The van der Waals surface area contributed by atoms with E-state index in [9.17, 15) is 4.79 Å². The summed E-state index contributed by atoms with van der Waals surface area (Å²) in [5.41, 5.74) is 0.894. The van der Waals surface area contributed by atoms with Crippen molar-refractivity contribution in [1.29, 1.82) is 0 Å². The van der Waals surface area contributed by atoms with E-state index in [0.29, 0.717) is 12.3 Å². The highest BCUT2D eigenvalue weighted by molar-refractivity contribution is 7.98. The van der Waals surface area contributed by atoms with Crippen LogP contribution in [0.3, 0.4) is 0 Å². The molecule has 1 rings (SSSR count). The third kappa shape index (κ3) is 4.45. The Hall–Kier alpha value is -0.670. The Morgan fingerprint density at radius 2 is 2.12 bits per heavy atom. The molecule has 0 radical (unpaired) electrons. The lowest BCUT2D eigenvalue weighted by Crippen LogP contribution is -2.11. The Bertz CT molecular complexity index is 344. The van der Waals surface area contributed by atoms with E-state index in [0.717, 1.165) is 23.4 Å². The van der Waals surface area contributed by atoms with Crippen LogP contribution in [0.1, 0.15) is 19.3 Å². The molecule has 0 saturated carbocycles. The molecule has 1 N–H and O–H groups in total. The van der Waals surface area contributed by atoms with Crippen LogP contribution in [0, 0.1) is 0 Å². The number of halogens is 1. The molecule has 0 aliphatic heterocycles. The van der Waals surface area contributed by atoms with Crippen LogP contribution in [0.25, 0.3) is 0 Å². The van der Waals surface area contributed by atoms with E-state index in [1.807, 2.05) is 30.5 Å². The zero-order chi connectivity index (χ0) is 11.8. The lowest BCUT2D eigenvalue weighted by Gasteiger charge is -2.08. The summed E-state index contributed by atoms with van der Waals surface area (Å²) in [6.07, 6.45) is 4.27. The number of nitrogens with one attached hydrogen (secondary N) is 1. The number of carbonyl (C=O) groups is 1. The molecule has 0 atom stereocenters. The average molecular weight is 258 g/mol. The standard InChI is InChI=1S/C12H16ClNOS/c1-16-11-7-3-2-6-10(11)14-12(15)8-4-5-9-13/h2-3,6-7H,4-5,8-9H2,1H3,(H,14,15). The van der Waals surface area contributed by atoms with Gasteiger partial charge in [0.15, 0.2) is 0 Å². The summed E-state index contributed by atoms with van der Waals surface area (Å²) in [5, 5.41) is 2.92. The molecule has 0 spiro atoms. The van der Waals surface area contributed by atoms with Crippen molar-refractivity contribution in [1.82, 2.24) is 0 Å². The van der Waals surface area contributed by atoms with E-state index >= 15 is 0 Å². The summed E-state index contributed by atoms with van der Waals surface area (Å²) in [7, 11) is 0. The summed E-state index contributed by atoms with van der Waals surface area (Å²) >= 11 is 7.19. The Labute approximate surface area is 106 Å². The fourth-order valence-corrected chi connectivity index (χ4v) is 2.08. The normalized spacial score (nSPS) is 10.1. The molecule has 88 valence electrons. The number of amides is 1. The van der Waals surface area contributed by atoms with Crippen LogP contribution >= 0.6 is 23.4 Å². The lowest BCUT2D eigenvalue weighted by atomic mass is 10.2. The number of unbranched alkanes of at least 4 members (excludes halogenated alkanes) is 1. The van der Waals surface area contributed by atoms with Crippen LogP contribution in [0.5, 0.6) is 0 Å². The van der Waals surface area contributed by atoms with Crippen molar-refractivity contribution in [2.45, 2.75) is 24.2 Å². The van der Waals surface area contributed by atoms with Gasteiger partial charge in [0.1, 0.15) is 0 Å². The first-order valence-corrected chi connectivity index (χ1v) is 7.02. The van der Waals surface area contributed by atoms with Crippen molar-refractivity contribution in [2.24, 2.45) is 0 Å². The molecule has 0 bridgehead atoms. The molecule has 1 aromatic rings. The number of hydrogen-bond donors (Lipinski definition) is 1. The average Bonchev–Trinajstić information content (AvgIpc) is 2.30. The molecule has 0 saturated heterocycles. The Morgan fingerprint density at radius 3 is 2.81 bits per heavy atom. The van der Waals surface area contributed by atoms with Crippen LogP contribution in [0.15, 0.2) is 29.2 Å². The summed E-state index contributed by atoms with van der Waals surface area (Å²) in [6.45, 7) is 0. The SMILES string of the molecule is CSc1ccccc1NC(=O)CCCCCl. The summed E-state index contributed by atoms with van der Waals surface area (Å²) in [4.78, 5) is 12.7. The lowest BCUT2D eigenvalue weighted by molar-refractivity contribution is -0.116. The van der Waals surface area contributed by atoms with Crippen molar-refractivity contribution in [3.05, 3.63) is 24.3 Å². The minimum absolute atomic E-state index is 0.0617. The van der Waals surface area contributed by atoms with E-state index in [2.05, 4.69) is 5.32 Å². The van der Waals surface area contributed by atoms with Gasteiger partial charge in [0.05, 0.1) is 5.69 Å². The molecule has 4 heteroatoms. The molecule has 0 fully saturated rings. The Balaban J connectivity index is 2.49. The maximum Gasteiger partial charge on any atom is 0.224 e. The van der Waals surface area contributed by atoms with Gasteiger partial charge in [-0.1, -0.05) is 12.1 Å². The predicted octanol–water partition coefficient (Wildman–Crippen LogP) is 3.76. The van der Waals surface area contributed by atoms with Crippen LogP contribution in [0.4, 0.5) is 5.69 Å². The van der Waals surface area contributed by atoms with Crippen molar-refractivity contribution >= 4 is 35.0 Å². The second-order valence-corrected chi connectivity index (χ2v) is 4.62. The van der Waals surface area contributed by atoms with Gasteiger partial charge in [-0.2, -0.15) is 0 Å². The second-order valence-electron chi connectivity index (χ2n) is 3.39. The molecule has 1 amide bonds. The first-order chi connectivity index (χ1) is 7.77. The fourth-order valence-electron chi connectivity index (χ4n) is 1.34. The Kier molecular flexibility index (Phi) is 6.34. The second kappa shape index (κ2) is 7.58. The smallest absolute Gasteiger partial charge is 0.224 e. The van der Waals surface area contributed by atoms with Crippen LogP contribution in [0.2, 0.25) is 0 Å². The van der Waals surface area contributed by atoms with Crippen molar-refractivity contribution < 1.29 is 4.79 Å². The number of thioether (sulfide) groups is 1. The molecule has 1 aromatic carbocycles. The molecule has 0 aromatic heterocycles. The monoisotopic (exact) mass is 257 g/mol. The van der Waals surface area contributed by atoms with Gasteiger partial charge in [0, 0.05) is 17.2 Å². The molecule has 0 aliphatic carbocycles. The molecular formula is C12H16ClNOS. The van der Waals surface area contributed by atoms with E-state index in [-0.39, 0.29) is 5.91 Å². The molecule has 0 heterocycles. The highest BCUT2D eigenvalue weighted by Crippen LogP contribution is 2.24. The van der Waals surface area contributed by atoms with E-state index in [1.165, 1.54) is 0 Å². The van der Waals surface area contributed by atoms with Gasteiger partial charge in [-0.25, -0.2) is 0 Å². The van der Waals surface area contributed by atoms with Crippen LogP contribution < -0.4 is 5.32 Å². The zero-order valence-electron chi connectivity index (χ0n) is 9.33. The minimum atomic E-state index is 0.0617. The molecule has 16 heavy (non-hydrogen) atoms. The quantitative estimate of drug-likeness (QED) is 0.478. The number of benzene rings is 1. The third-order valence-corrected chi connectivity index (χ3v) is 3.23. The van der Waals surface area contributed by atoms with Crippen LogP contribution in [-0.4, -0.2) is 18.0 Å². The van der Waals surface area contributed by atoms with Gasteiger partial charge in [0.25, 0.3) is 0 Å². The maximum atomic E-state index is 11.6. The Morgan fingerprint density at radius 1 is 1.38 bits per heavy atom. The zero-order valence-corrected chi connectivity index (χ0v) is 10.9. The highest BCUT2D eigenvalue weighted by atomic mass is 35.5. The first kappa shape index (κ1) is 13.4. The number of hydrogen-bond acceptors (Lipinski definition) is 2. The largest absolute Gasteiger partial charge is 0.325 e. The third-order valence-electron chi connectivity index (χ3n) is 2.17. The van der Waals surface area contributed by atoms with Gasteiger partial charge in [-0.15, -0.1) is 23.4 Å². The van der Waals surface area contributed by atoms with Crippen molar-refractivity contribution in [3.63, 3.8) is 0 Å². The van der Waals surface area contributed by atoms with Gasteiger partial charge < -0.3 is 5.32 Å². The van der Waals surface area contributed by atoms with Gasteiger partial charge in [-0.05, 0) is 31.2 Å². The number of rotatable bonds is 6. The number of anilines is 1. The summed E-state index contributed by atoms with van der Waals surface area (Å²) < 4.78 is 0. The summed E-state index contributed by atoms with van der Waals surface area (Å²) in [6, 6.07) is 7.81. The minimum Gasteiger partial charge on any atom is -0.325 e. The molecular weight excluding hydrogens is 242 g/mol. The van der Waals surface area contributed by atoms with E-state index < -0.39 is 0 Å². The predicted molar refractivity (Wildman–Crippen MR) is 71.4 cm³/mol. The van der Waals surface area contributed by atoms with Gasteiger partial charge in [0.2, 0.25) is 5.91 Å². The van der Waals surface area contributed by atoms with Crippen molar-refractivity contribution in [3.8, 4) is 0 Å². The summed E-state index contributed by atoms with van der Waals surface area (Å²) in [5.74, 6) is 0.681. The van der Waals surface area contributed by atoms with Crippen molar-refractivity contribution in [2.75, 3.05) is 17.5 Å². The molecule has 0 aliphatic rings. The fraction of sp³-hybridized carbons (Fsp3) is 0.417. The molecule has 0 unspecified atom stereocenters. The first-order valence-electron chi connectivity index (χ1n) is 5.26. The molecule has 2 nitrogen and oxygen atoms in total. The highest BCUT2D eigenvalue weighted by Gasteiger charge is 2.05. The number of carbonyl (C=O) groups excluding carboxylic acids is 1. The number of para-hydroxylation sites is 1.